The van der Waals surface area contributed by atoms with E-state index >= 15 is 8.42 Å². The molecule has 0 amide bonds. The van der Waals surface area contributed by atoms with E-state index in [1.165, 1.54) is 16.9 Å². The number of piperidine rings is 1. The molecule has 0 bridgehead atoms. The van der Waals surface area contributed by atoms with Gasteiger partial charge in [0.15, 0.2) is 8.32 Å². The third kappa shape index (κ3) is 10.1. The Balaban J connectivity index is 1.66. The predicted octanol–water partition coefficient (Wildman–Crippen LogP) is 8.88. The second-order valence-electron chi connectivity index (χ2n) is 19.7. The van der Waals surface area contributed by atoms with Crippen LogP contribution in [0.3, 0.4) is 0 Å². The van der Waals surface area contributed by atoms with Crippen molar-refractivity contribution >= 4 is 36.4 Å². The molecule has 340 valence electrons. The molecule has 1 fully saturated rings. The standard InChI is InChI=1S/C47H66N6O6S2Si2/c1-37-32-41(36-59-63(9,10)45(2,3)4)30-31-52(37)47(61(56,57)51-60(54,55)43-24-18-13-19-25-43,44-48-50-53(49-44)35-40-26-28-42(58-5)29-27-40)46(62(6,7)8,33-38-20-14-11-15-21-38)34-39-22-16-12-17-23-39/h11-29,37,41,51H,30-36H2,1-10H3. The van der Waals surface area contributed by atoms with Crippen LogP contribution < -0.4 is 8.86 Å². The highest BCUT2D eigenvalue weighted by Crippen LogP contribution is 2.63. The van der Waals surface area contributed by atoms with Gasteiger partial charge in [-0.15, -0.1) is 14.3 Å². The van der Waals surface area contributed by atoms with Crippen molar-refractivity contribution in [3.8, 4) is 5.75 Å². The van der Waals surface area contributed by atoms with Crippen LogP contribution in [0.5, 0.6) is 5.75 Å². The molecule has 2 heterocycles. The zero-order valence-electron chi connectivity index (χ0n) is 38.6. The monoisotopic (exact) mass is 930 g/mol. The van der Waals surface area contributed by atoms with Gasteiger partial charge in [0.2, 0.25) is 10.7 Å². The summed E-state index contributed by atoms with van der Waals surface area (Å²) in [7, 11) is -13.2. The van der Waals surface area contributed by atoms with Crippen molar-refractivity contribution in [1.82, 2.24) is 29.2 Å². The Morgan fingerprint density at radius 3 is 1.79 bits per heavy atom. The van der Waals surface area contributed by atoms with Crippen LogP contribution in [0.1, 0.15) is 63.1 Å². The third-order valence-electron chi connectivity index (χ3n) is 13.6. The summed E-state index contributed by atoms with van der Waals surface area (Å²) in [6, 6.07) is 34.6. The molecule has 63 heavy (non-hydrogen) atoms. The summed E-state index contributed by atoms with van der Waals surface area (Å²) in [5.41, 5.74) is 2.67. The van der Waals surface area contributed by atoms with Crippen molar-refractivity contribution in [2.24, 2.45) is 5.92 Å². The molecule has 0 radical (unpaired) electrons. The first-order valence-electron chi connectivity index (χ1n) is 21.8. The van der Waals surface area contributed by atoms with Gasteiger partial charge in [-0.25, -0.2) is 16.8 Å². The number of hydrogen-bond donors (Lipinski definition) is 1. The minimum Gasteiger partial charge on any atom is -0.497 e. The highest BCUT2D eigenvalue weighted by Gasteiger charge is 2.72. The van der Waals surface area contributed by atoms with Gasteiger partial charge in [-0.1, -0.05) is 131 Å². The normalized spacial score (nSPS) is 18.2. The van der Waals surface area contributed by atoms with Gasteiger partial charge in [0.1, 0.15) is 5.75 Å². The molecule has 1 aromatic heterocycles. The molecular formula is C47H66N6O6S2Si2. The largest absolute Gasteiger partial charge is 0.497 e. The Labute approximate surface area is 378 Å². The summed E-state index contributed by atoms with van der Waals surface area (Å²) in [4.78, 5) is 1.08. The molecule has 12 nitrogen and oxygen atoms in total. The number of nitrogens with zero attached hydrogens (tertiary/aromatic N) is 5. The molecule has 0 aliphatic carbocycles. The first kappa shape index (κ1) is 48.4. The van der Waals surface area contributed by atoms with Gasteiger partial charge in [0.25, 0.3) is 20.0 Å². The van der Waals surface area contributed by atoms with Gasteiger partial charge in [-0.2, -0.15) is 4.80 Å². The van der Waals surface area contributed by atoms with E-state index in [4.69, 9.17) is 19.4 Å². The number of nitrogens with one attached hydrogen (secondary N) is 1. The van der Waals surface area contributed by atoms with Crippen molar-refractivity contribution in [3.05, 3.63) is 138 Å². The third-order valence-corrected chi connectivity index (χ3v) is 26.1. The lowest BCUT2D eigenvalue weighted by Gasteiger charge is -2.60. The van der Waals surface area contributed by atoms with Crippen LogP contribution in [-0.2, 0) is 48.7 Å². The van der Waals surface area contributed by atoms with Crippen molar-refractivity contribution < 1.29 is 26.0 Å². The average molecular weight is 931 g/mol. The maximum Gasteiger partial charge on any atom is 0.253 e. The maximum atomic E-state index is 16.6. The van der Waals surface area contributed by atoms with Gasteiger partial charge in [0.05, 0.1) is 26.6 Å². The lowest BCUT2D eigenvalue weighted by molar-refractivity contribution is 0.00592. The highest BCUT2D eigenvalue weighted by atomic mass is 32.3. The van der Waals surface area contributed by atoms with E-state index in [1.54, 1.807) is 25.3 Å². The molecule has 1 saturated heterocycles. The minimum absolute atomic E-state index is 0.0214. The van der Waals surface area contributed by atoms with Crippen LogP contribution in [-0.4, -0.2) is 84.6 Å². The Hall–Kier alpha value is -4.04. The second-order valence-corrected chi connectivity index (χ2v) is 33.7. The predicted molar refractivity (Wildman–Crippen MR) is 256 cm³/mol. The van der Waals surface area contributed by atoms with E-state index in [0.717, 1.165) is 16.7 Å². The van der Waals surface area contributed by atoms with Crippen LogP contribution in [0.2, 0.25) is 42.8 Å². The summed E-state index contributed by atoms with van der Waals surface area (Å²) in [5.74, 6) is 0.759. The topological polar surface area (TPSA) is 146 Å². The minimum atomic E-state index is -5.09. The van der Waals surface area contributed by atoms with Crippen LogP contribution >= 0.6 is 0 Å². The van der Waals surface area contributed by atoms with E-state index in [2.05, 4.69) is 69.8 Å². The fourth-order valence-corrected chi connectivity index (χ4v) is 18.2. The molecule has 0 spiro atoms. The fraction of sp³-hybridized carbons (Fsp3) is 0.468. The van der Waals surface area contributed by atoms with Gasteiger partial charge in [-0.3, -0.25) is 4.90 Å². The Bertz CT molecular complexity index is 2460. The number of benzene rings is 4. The number of methoxy groups -OCH3 is 1. The summed E-state index contributed by atoms with van der Waals surface area (Å²) < 4.78 is 77.0. The molecule has 4 aromatic carbocycles. The van der Waals surface area contributed by atoms with Crippen LogP contribution in [0.25, 0.3) is 0 Å². The van der Waals surface area contributed by atoms with Crippen LogP contribution in [0.15, 0.2) is 120 Å². The average Bonchev–Trinajstić information content (AvgIpc) is 3.69. The second kappa shape index (κ2) is 18.8. The van der Waals surface area contributed by atoms with E-state index in [-0.39, 0.29) is 41.1 Å². The van der Waals surface area contributed by atoms with Crippen LogP contribution in [0, 0.1) is 5.92 Å². The van der Waals surface area contributed by atoms with Crippen molar-refractivity contribution in [3.63, 3.8) is 0 Å². The quantitative estimate of drug-likeness (QED) is 0.0846. The van der Waals surface area contributed by atoms with Crippen molar-refractivity contribution in [2.75, 3.05) is 20.3 Å². The van der Waals surface area contributed by atoms with E-state index in [1.807, 2.05) is 89.8 Å². The van der Waals surface area contributed by atoms with Crippen molar-refractivity contribution in [1.29, 1.82) is 0 Å². The summed E-state index contributed by atoms with van der Waals surface area (Å²) in [5, 5.41) is 13.2. The Morgan fingerprint density at radius 1 is 0.762 bits per heavy atom. The number of tetrazole rings is 1. The van der Waals surface area contributed by atoms with Crippen molar-refractivity contribution in [2.45, 2.75) is 119 Å². The molecule has 16 heteroatoms. The fourth-order valence-electron chi connectivity index (χ4n) is 9.00. The van der Waals surface area contributed by atoms with E-state index in [0.29, 0.717) is 31.7 Å². The van der Waals surface area contributed by atoms with E-state index in [9.17, 15) is 8.42 Å². The number of likely N-dealkylation sites (tertiary alicyclic amines) is 1. The smallest absolute Gasteiger partial charge is 0.253 e. The Morgan fingerprint density at radius 2 is 1.30 bits per heavy atom. The molecular weight excluding hydrogens is 865 g/mol. The van der Waals surface area contributed by atoms with Gasteiger partial charge >= 0.3 is 0 Å². The first-order valence-corrected chi connectivity index (χ1v) is 31.2. The first-order chi connectivity index (χ1) is 29.5. The van der Waals surface area contributed by atoms with Crippen LogP contribution in [0.4, 0.5) is 0 Å². The SMILES string of the molecule is COc1ccc(Cn2nnc(C(N3CCC(CO[Si](C)(C)C(C)(C)C)CC3C)(C(Cc3ccccc3)(Cc3ccccc3)[Si](C)(C)C)S(=O)(=O)NS(=O)(=O)c3ccccc3)n2)cc1. The molecule has 1 aliphatic heterocycles. The molecule has 5 aromatic rings. The lowest BCUT2D eigenvalue weighted by Crippen LogP contribution is -2.72. The zero-order valence-corrected chi connectivity index (χ0v) is 42.2. The number of sulfonamides is 2. The number of hydrogen-bond acceptors (Lipinski definition) is 10. The number of ether oxygens (including phenoxy) is 1. The molecule has 6 rings (SSSR count). The molecule has 1 N–H and O–H groups in total. The zero-order chi connectivity index (χ0) is 45.9. The summed E-state index contributed by atoms with van der Waals surface area (Å²) in [6.07, 6.45) is 1.77. The maximum absolute atomic E-state index is 16.6. The van der Waals surface area contributed by atoms with Gasteiger partial charge in [-0.05, 0) is 103 Å². The highest BCUT2D eigenvalue weighted by molar-refractivity contribution is 8.05. The lowest BCUT2D eigenvalue weighted by atomic mass is 9.80. The summed E-state index contributed by atoms with van der Waals surface area (Å²) in [6.45, 7) is 20.8. The summed E-state index contributed by atoms with van der Waals surface area (Å²) >= 11 is 0. The molecule has 3 atom stereocenters. The molecule has 3 unspecified atom stereocenters. The van der Waals surface area contributed by atoms with Gasteiger partial charge < -0.3 is 9.16 Å². The molecule has 0 saturated carbocycles. The number of aromatic nitrogens is 4. The number of rotatable bonds is 18. The van der Waals surface area contributed by atoms with Gasteiger partial charge in [0, 0.05) is 24.2 Å². The van der Waals surface area contributed by atoms with E-state index < -0.39 is 52.4 Å². The Kier molecular flexibility index (Phi) is 14.5. The molecule has 1 aliphatic rings.